The maximum absolute atomic E-state index is 6.31. The molecule has 0 saturated heterocycles. The third kappa shape index (κ3) is 3.58. The number of ether oxygens (including phenoxy) is 1. The van der Waals surface area contributed by atoms with Crippen LogP contribution in [0.3, 0.4) is 0 Å². The quantitative estimate of drug-likeness (QED) is 0.224. The molecule has 204 valence electrons. The summed E-state index contributed by atoms with van der Waals surface area (Å²) < 4.78 is 6.31. The molecule has 5 aromatic rings. The van der Waals surface area contributed by atoms with E-state index in [2.05, 4.69) is 159 Å². The van der Waals surface area contributed by atoms with Gasteiger partial charge in [-0.2, -0.15) is 0 Å². The van der Waals surface area contributed by atoms with Gasteiger partial charge >= 0.3 is 0 Å². The Morgan fingerprint density at radius 2 is 1.33 bits per heavy atom. The van der Waals surface area contributed by atoms with Crippen LogP contribution >= 0.6 is 0 Å². The third-order valence-corrected chi connectivity index (χ3v) is 9.62. The number of hydrogen-bond acceptors (Lipinski definition) is 2. The molecule has 2 nitrogen and oxygen atoms in total. The molecule has 2 aliphatic heterocycles. The summed E-state index contributed by atoms with van der Waals surface area (Å²) in [6, 6.07) is 44.0. The number of anilines is 2. The van der Waals surface area contributed by atoms with Crippen LogP contribution in [-0.4, -0.2) is 6.04 Å². The van der Waals surface area contributed by atoms with Crippen molar-refractivity contribution in [2.24, 2.45) is 0 Å². The summed E-state index contributed by atoms with van der Waals surface area (Å²) in [4.78, 5) is 2.53. The number of nitrogens with zero attached hydrogens (tertiary/aromatic N) is 1. The van der Waals surface area contributed by atoms with Crippen LogP contribution in [0.5, 0.6) is 11.5 Å². The Kier molecular flexibility index (Phi) is 5.40. The molecule has 8 rings (SSSR count). The van der Waals surface area contributed by atoms with Gasteiger partial charge < -0.3 is 9.64 Å². The first-order valence-electron chi connectivity index (χ1n) is 14.8. The maximum Gasteiger partial charge on any atom is 0.131 e. The Bertz CT molecular complexity index is 1900. The van der Waals surface area contributed by atoms with Gasteiger partial charge in [-0.15, -0.1) is 0 Å². The second-order valence-electron chi connectivity index (χ2n) is 12.4. The molecule has 2 atom stereocenters. The first kappa shape index (κ1) is 24.9. The van der Waals surface area contributed by atoms with E-state index in [4.69, 9.17) is 4.74 Å². The Hall–Kier alpha value is -4.82. The van der Waals surface area contributed by atoms with Gasteiger partial charge in [-0.1, -0.05) is 117 Å². The summed E-state index contributed by atoms with van der Waals surface area (Å²) in [5, 5.41) is 0. The van der Waals surface area contributed by atoms with Gasteiger partial charge in [0, 0.05) is 38.9 Å². The topological polar surface area (TPSA) is 12.5 Å². The predicted octanol–water partition coefficient (Wildman–Crippen LogP) is 10.2. The maximum atomic E-state index is 6.31. The second-order valence-corrected chi connectivity index (χ2v) is 12.4. The van der Waals surface area contributed by atoms with Crippen LogP contribution in [0.1, 0.15) is 43.0 Å². The van der Waals surface area contributed by atoms with Crippen molar-refractivity contribution in [1.29, 1.82) is 0 Å². The SMILES string of the molecule is CC1(C)c2ccccc2Oc2ccc(-c3ccc(C4(C)C=CC=C5c6ccccc6N(c6ccccc6)C54)cc3)cc21. The Balaban J connectivity index is 1.18. The number of allylic oxidation sites excluding steroid dienone is 2. The van der Waals surface area contributed by atoms with E-state index >= 15 is 0 Å². The average Bonchev–Trinajstić information content (AvgIpc) is 3.38. The van der Waals surface area contributed by atoms with Crippen molar-refractivity contribution in [3.8, 4) is 22.6 Å². The number of benzene rings is 5. The molecule has 2 unspecified atom stereocenters. The molecule has 0 aromatic heterocycles. The van der Waals surface area contributed by atoms with Crippen molar-refractivity contribution in [1.82, 2.24) is 0 Å². The first-order chi connectivity index (χ1) is 20.4. The van der Waals surface area contributed by atoms with Gasteiger partial charge in [0.2, 0.25) is 0 Å². The van der Waals surface area contributed by atoms with Crippen LogP contribution < -0.4 is 9.64 Å². The normalized spacial score (nSPS) is 21.0. The molecule has 0 bridgehead atoms. The third-order valence-electron chi connectivity index (χ3n) is 9.62. The van der Waals surface area contributed by atoms with Gasteiger partial charge in [0.15, 0.2) is 0 Å². The molecule has 5 aromatic carbocycles. The highest BCUT2D eigenvalue weighted by atomic mass is 16.5. The monoisotopic (exact) mass is 543 g/mol. The lowest BCUT2D eigenvalue weighted by Crippen LogP contribution is -2.45. The van der Waals surface area contributed by atoms with E-state index in [-0.39, 0.29) is 16.9 Å². The van der Waals surface area contributed by atoms with Gasteiger partial charge in [-0.05, 0) is 65.6 Å². The number of para-hydroxylation sites is 3. The second kappa shape index (κ2) is 9.09. The highest BCUT2D eigenvalue weighted by molar-refractivity contribution is 5.95. The van der Waals surface area contributed by atoms with Crippen LogP contribution in [0.4, 0.5) is 11.4 Å². The summed E-state index contributed by atoms with van der Waals surface area (Å²) in [6.07, 6.45) is 6.93. The smallest absolute Gasteiger partial charge is 0.131 e. The van der Waals surface area contributed by atoms with E-state index in [0.717, 1.165) is 11.5 Å². The molecule has 42 heavy (non-hydrogen) atoms. The lowest BCUT2D eigenvalue weighted by molar-refractivity contribution is 0.418. The van der Waals surface area contributed by atoms with Crippen molar-refractivity contribution in [3.63, 3.8) is 0 Å². The van der Waals surface area contributed by atoms with Crippen LogP contribution in [0.15, 0.2) is 140 Å². The molecule has 0 saturated carbocycles. The van der Waals surface area contributed by atoms with E-state index < -0.39 is 0 Å². The van der Waals surface area contributed by atoms with Crippen LogP contribution in [0.2, 0.25) is 0 Å². The van der Waals surface area contributed by atoms with Crippen molar-refractivity contribution < 1.29 is 4.74 Å². The van der Waals surface area contributed by atoms with E-state index in [1.165, 1.54) is 50.3 Å². The lowest BCUT2D eigenvalue weighted by atomic mass is 9.70. The van der Waals surface area contributed by atoms with E-state index in [1.54, 1.807) is 0 Å². The Labute approximate surface area is 248 Å². The molecular weight excluding hydrogens is 510 g/mol. The minimum atomic E-state index is -0.215. The van der Waals surface area contributed by atoms with Crippen LogP contribution in [0.25, 0.3) is 16.7 Å². The highest BCUT2D eigenvalue weighted by Gasteiger charge is 2.47. The predicted molar refractivity (Wildman–Crippen MR) is 174 cm³/mol. The number of hydrogen-bond donors (Lipinski definition) is 0. The minimum Gasteiger partial charge on any atom is -0.457 e. The summed E-state index contributed by atoms with van der Waals surface area (Å²) >= 11 is 0. The molecule has 0 spiro atoms. The largest absolute Gasteiger partial charge is 0.457 e. The van der Waals surface area contributed by atoms with Gasteiger partial charge in [0.1, 0.15) is 11.5 Å². The first-order valence-corrected chi connectivity index (χ1v) is 14.8. The number of rotatable bonds is 3. The molecule has 0 fully saturated rings. The minimum absolute atomic E-state index is 0.137. The Morgan fingerprint density at radius 3 is 2.17 bits per heavy atom. The van der Waals surface area contributed by atoms with E-state index in [1.807, 2.05) is 6.07 Å². The fourth-order valence-electron chi connectivity index (χ4n) is 7.34. The molecule has 1 aliphatic carbocycles. The molecule has 2 heteroatoms. The van der Waals surface area contributed by atoms with Gasteiger partial charge in [0.25, 0.3) is 0 Å². The van der Waals surface area contributed by atoms with Gasteiger partial charge in [-0.25, -0.2) is 0 Å². The summed E-state index contributed by atoms with van der Waals surface area (Å²) in [7, 11) is 0. The fourth-order valence-corrected chi connectivity index (χ4v) is 7.34. The van der Waals surface area contributed by atoms with Crippen molar-refractivity contribution in [2.75, 3.05) is 4.90 Å². The molecule has 0 amide bonds. The van der Waals surface area contributed by atoms with Crippen molar-refractivity contribution in [3.05, 3.63) is 162 Å². The summed E-state index contributed by atoms with van der Waals surface area (Å²) in [5.41, 5.74) is 11.0. The number of fused-ring (bicyclic) bond motifs is 5. The fraction of sp³-hybridized carbons (Fsp3) is 0.150. The Morgan fingerprint density at radius 1 is 0.643 bits per heavy atom. The summed E-state index contributed by atoms with van der Waals surface area (Å²) in [6.45, 7) is 6.97. The van der Waals surface area contributed by atoms with Crippen LogP contribution in [0, 0.1) is 0 Å². The lowest BCUT2D eigenvalue weighted by Gasteiger charge is -2.42. The summed E-state index contributed by atoms with van der Waals surface area (Å²) in [5.74, 6) is 1.90. The molecule has 0 radical (unpaired) electrons. The molecular formula is C40H33NO. The standard InChI is InChI=1S/C40H33NO/c1-39(2)33-16-8-10-18-36(33)42-37-24-21-28(26-34(37)39)27-19-22-29(23-20-27)40(3)25-11-15-32-31-14-7-9-17-35(31)41(38(32)40)30-12-5-4-6-13-30/h4-26,38H,1-3H3. The molecule has 0 N–H and O–H groups in total. The van der Waals surface area contributed by atoms with Crippen LogP contribution in [-0.2, 0) is 10.8 Å². The molecule has 2 heterocycles. The van der Waals surface area contributed by atoms with E-state index in [0.29, 0.717) is 0 Å². The van der Waals surface area contributed by atoms with Gasteiger partial charge in [-0.3, -0.25) is 0 Å². The van der Waals surface area contributed by atoms with Gasteiger partial charge in [0.05, 0.1) is 6.04 Å². The average molecular weight is 544 g/mol. The van der Waals surface area contributed by atoms with Crippen molar-refractivity contribution >= 4 is 16.9 Å². The zero-order chi connectivity index (χ0) is 28.5. The van der Waals surface area contributed by atoms with Crippen molar-refractivity contribution in [2.45, 2.75) is 37.6 Å². The van der Waals surface area contributed by atoms with E-state index in [9.17, 15) is 0 Å². The zero-order valence-corrected chi connectivity index (χ0v) is 24.2. The highest BCUT2D eigenvalue weighted by Crippen LogP contribution is 2.54. The zero-order valence-electron chi connectivity index (χ0n) is 24.2. The molecule has 3 aliphatic rings.